The molecule has 0 unspecified atom stereocenters. The van der Waals surface area contributed by atoms with Crippen molar-refractivity contribution in [3.05, 3.63) is 28.8 Å². The van der Waals surface area contributed by atoms with Gasteiger partial charge in [0, 0.05) is 0 Å². The SMILES string of the molecule is Cc1cc(C(C)(C)C)c([O][Al]([Cl])[Cl])c(C(C)(C)C)c1. The van der Waals surface area contributed by atoms with E-state index in [1.54, 1.807) is 0 Å². The molecule has 0 spiro atoms. The van der Waals surface area contributed by atoms with Gasteiger partial charge in [0.1, 0.15) is 0 Å². The van der Waals surface area contributed by atoms with E-state index in [0.29, 0.717) is 0 Å². The lowest BCUT2D eigenvalue weighted by molar-refractivity contribution is 0.495. The van der Waals surface area contributed by atoms with E-state index in [2.05, 4.69) is 60.6 Å². The lowest BCUT2D eigenvalue weighted by Crippen LogP contribution is -2.22. The lowest BCUT2D eigenvalue weighted by Gasteiger charge is -2.31. The van der Waals surface area contributed by atoms with Gasteiger partial charge in [0.25, 0.3) is 0 Å². The first-order valence-electron chi connectivity index (χ1n) is 6.53. The highest BCUT2D eigenvalue weighted by molar-refractivity contribution is 7.31. The number of halogens is 2. The summed E-state index contributed by atoms with van der Waals surface area (Å²) in [5.74, 6) is 0.882. The molecule has 0 N–H and O–H groups in total. The maximum atomic E-state index is 5.98. The minimum absolute atomic E-state index is 0.00157. The van der Waals surface area contributed by atoms with E-state index < -0.39 is 12.6 Å². The second-order valence-corrected chi connectivity index (χ2v) is 10.9. The Morgan fingerprint density at radius 1 is 0.895 bits per heavy atom. The fraction of sp³-hybridized carbons (Fsp3) is 0.600. The Morgan fingerprint density at radius 2 is 1.26 bits per heavy atom. The molecule has 0 heterocycles. The zero-order valence-corrected chi connectivity index (χ0v) is 15.6. The fourth-order valence-electron chi connectivity index (χ4n) is 2.10. The molecule has 0 radical (unpaired) electrons. The van der Waals surface area contributed by atoms with Gasteiger partial charge in [0.15, 0.2) is 0 Å². The highest BCUT2D eigenvalue weighted by atomic mass is 35.7. The van der Waals surface area contributed by atoms with E-state index >= 15 is 0 Å². The third-order valence-corrected chi connectivity index (χ3v) is 4.00. The summed E-state index contributed by atoms with van der Waals surface area (Å²) in [6.45, 7) is 15.2. The molecule has 19 heavy (non-hydrogen) atoms. The molecular weight excluding hydrogens is 294 g/mol. The van der Waals surface area contributed by atoms with E-state index in [1.165, 1.54) is 16.7 Å². The summed E-state index contributed by atoms with van der Waals surface area (Å²) in [6, 6.07) is 4.35. The van der Waals surface area contributed by atoms with Crippen LogP contribution in [0.15, 0.2) is 12.1 Å². The number of benzene rings is 1. The molecule has 0 fully saturated rings. The predicted octanol–water partition coefficient (Wildman–Crippen LogP) is 5.43. The fourth-order valence-corrected chi connectivity index (χ4v) is 3.07. The van der Waals surface area contributed by atoms with Gasteiger partial charge >= 0.3 is 12.6 Å². The average Bonchev–Trinajstić information content (AvgIpc) is 2.16. The molecule has 1 nitrogen and oxygen atoms in total. The average molecular weight is 317 g/mol. The van der Waals surface area contributed by atoms with Crippen molar-refractivity contribution in [1.29, 1.82) is 0 Å². The van der Waals surface area contributed by atoms with Crippen molar-refractivity contribution in [1.82, 2.24) is 0 Å². The van der Waals surface area contributed by atoms with Crippen molar-refractivity contribution in [3.63, 3.8) is 0 Å². The molecule has 1 aromatic carbocycles. The Bertz CT molecular complexity index is 421. The van der Waals surface area contributed by atoms with Crippen LogP contribution < -0.4 is 3.79 Å². The number of rotatable bonds is 2. The van der Waals surface area contributed by atoms with E-state index in [1.807, 2.05) is 0 Å². The van der Waals surface area contributed by atoms with Gasteiger partial charge in [-0.1, -0.05) is 59.2 Å². The Kier molecular flexibility index (Phi) is 5.30. The topological polar surface area (TPSA) is 9.23 Å². The third kappa shape index (κ3) is 4.57. The molecule has 1 rings (SSSR count). The summed E-state index contributed by atoms with van der Waals surface area (Å²) in [5.41, 5.74) is 3.59. The summed E-state index contributed by atoms with van der Waals surface area (Å²) >= 11 is -2.17. The molecule has 1 aromatic rings. The van der Waals surface area contributed by atoms with Crippen molar-refractivity contribution in [2.45, 2.75) is 59.3 Å². The first-order valence-corrected chi connectivity index (χ1v) is 10.5. The summed E-state index contributed by atoms with van der Waals surface area (Å²) in [4.78, 5) is 0. The second-order valence-electron chi connectivity index (χ2n) is 7.07. The van der Waals surface area contributed by atoms with Gasteiger partial charge < -0.3 is 3.79 Å². The first kappa shape index (κ1) is 17.2. The summed E-state index contributed by atoms with van der Waals surface area (Å²) in [5, 5.41) is 0. The Hall–Kier alpha value is 0.132. The van der Waals surface area contributed by atoms with Crippen LogP contribution in [0.5, 0.6) is 5.75 Å². The molecule has 0 atom stereocenters. The Morgan fingerprint density at radius 3 is 1.53 bits per heavy atom. The smallest absolute Gasteiger partial charge is 0.620 e. The number of hydrogen-bond acceptors (Lipinski definition) is 1. The lowest BCUT2D eigenvalue weighted by atomic mass is 9.78. The quantitative estimate of drug-likeness (QED) is 0.661. The van der Waals surface area contributed by atoms with Gasteiger partial charge in [0.05, 0.1) is 5.75 Å². The van der Waals surface area contributed by atoms with Crippen LogP contribution in [0, 0.1) is 6.92 Å². The maximum absolute atomic E-state index is 5.98. The molecule has 106 valence electrons. The van der Waals surface area contributed by atoms with Crippen molar-refractivity contribution in [2.24, 2.45) is 0 Å². The van der Waals surface area contributed by atoms with Gasteiger partial charge in [-0.25, -0.2) is 0 Å². The van der Waals surface area contributed by atoms with Gasteiger partial charge in [0.2, 0.25) is 0 Å². The van der Waals surface area contributed by atoms with Crippen molar-refractivity contribution < 1.29 is 3.79 Å². The Labute approximate surface area is 130 Å². The van der Waals surface area contributed by atoms with Crippen LogP contribution in [-0.2, 0) is 10.8 Å². The second kappa shape index (κ2) is 5.86. The highest BCUT2D eigenvalue weighted by Crippen LogP contribution is 2.41. The molecule has 0 aliphatic heterocycles. The van der Waals surface area contributed by atoms with E-state index in [-0.39, 0.29) is 10.8 Å². The summed E-state index contributed by atoms with van der Waals surface area (Å²) in [6.07, 6.45) is 0. The van der Waals surface area contributed by atoms with Gasteiger partial charge in [-0.3, -0.25) is 0 Å². The number of aryl methyl sites for hydroxylation is 1. The molecule has 0 amide bonds. The highest BCUT2D eigenvalue weighted by Gasteiger charge is 2.30. The van der Waals surface area contributed by atoms with Crippen molar-refractivity contribution in [3.8, 4) is 5.75 Å². The van der Waals surface area contributed by atoms with E-state index in [9.17, 15) is 0 Å². The maximum Gasteiger partial charge on any atom is 0.815 e. The zero-order valence-electron chi connectivity index (χ0n) is 12.9. The first-order chi connectivity index (χ1) is 8.43. The third-order valence-electron chi connectivity index (χ3n) is 3.06. The van der Waals surface area contributed by atoms with Crippen LogP contribution in [0.2, 0.25) is 0 Å². The molecular formula is C15H23AlCl2O. The molecule has 4 heteroatoms. The Balaban J connectivity index is 3.58. The molecule has 0 aliphatic rings. The van der Waals surface area contributed by atoms with Crippen LogP contribution in [-0.4, -0.2) is 12.6 Å². The van der Waals surface area contributed by atoms with E-state index in [4.69, 9.17) is 23.9 Å². The molecule has 0 aliphatic carbocycles. The summed E-state index contributed by atoms with van der Waals surface area (Å²) in [7, 11) is 12.0. The van der Waals surface area contributed by atoms with Crippen LogP contribution in [0.1, 0.15) is 58.2 Å². The minimum Gasteiger partial charge on any atom is -0.620 e. The normalized spacial score (nSPS) is 12.5. The van der Waals surface area contributed by atoms with Crippen LogP contribution in [0.4, 0.5) is 0 Å². The largest absolute Gasteiger partial charge is 0.815 e. The van der Waals surface area contributed by atoms with Crippen LogP contribution in [0.25, 0.3) is 0 Å². The molecule has 0 aromatic heterocycles. The van der Waals surface area contributed by atoms with Gasteiger partial charge in [-0.05, 0) is 28.9 Å². The van der Waals surface area contributed by atoms with E-state index in [0.717, 1.165) is 5.75 Å². The molecule has 0 saturated carbocycles. The number of hydrogen-bond donors (Lipinski definition) is 0. The summed E-state index contributed by atoms with van der Waals surface area (Å²) < 4.78 is 5.85. The van der Waals surface area contributed by atoms with Crippen LogP contribution in [0.3, 0.4) is 0 Å². The van der Waals surface area contributed by atoms with Crippen molar-refractivity contribution in [2.75, 3.05) is 0 Å². The molecule has 0 bridgehead atoms. The van der Waals surface area contributed by atoms with Crippen LogP contribution >= 0.6 is 20.1 Å². The van der Waals surface area contributed by atoms with Crippen molar-refractivity contribution >= 4 is 32.7 Å². The van der Waals surface area contributed by atoms with Gasteiger partial charge in [-0.15, -0.1) is 0 Å². The minimum atomic E-state index is -2.17. The van der Waals surface area contributed by atoms with Gasteiger partial charge in [-0.2, -0.15) is 20.1 Å². The predicted molar refractivity (Wildman–Crippen MR) is 86.7 cm³/mol. The molecule has 0 saturated heterocycles. The standard InChI is InChI=1S/C15H24O.Al.2ClH/c1-10-8-11(14(2,3)4)13(16)12(9-10)15(5,6)7;;;/h8-9,16H,1-7H3;;2*1H/q;+3;;/p-3. The monoisotopic (exact) mass is 316 g/mol. The zero-order chi connectivity index (χ0) is 15.0.